The zero-order valence-electron chi connectivity index (χ0n) is 17.1. The topological polar surface area (TPSA) is 111 Å². The van der Waals surface area contributed by atoms with Gasteiger partial charge in [0.05, 0.1) is 17.3 Å². The number of benzene rings is 2. The van der Waals surface area contributed by atoms with E-state index in [9.17, 15) is 14.0 Å². The Morgan fingerprint density at radius 1 is 1.12 bits per heavy atom. The number of hydrogen-bond donors (Lipinski definition) is 1. The van der Waals surface area contributed by atoms with Crippen LogP contribution in [0.25, 0.3) is 5.69 Å². The van der Waals surface area contributed by atoms with Gasteiger partial charge in [0, 0.05) is 24.7 Å². The number of carbonyl (C=O) groups excluding carboxylic acids is 2. The third kappa shape index (κ3) is 3.61. The zero-order chi connectivity index (χ0) is 22.2. The molecule has 1 fully saturated rings. The molecule has 0 radical (unpaired) electrons. The number of amides is 2. The molecule has 2 aliphatic rings. The molecular weight excluding hydrogens is 419 g/mol. The van der Waals surface area contributed by atoms with Gasteiger partial charge in [-0.3, -0.25) is 9.59 Å². The Labute approximate surface area is 181 Å². The number of anilines is 2. The first kappa shape index (κ1) is 19.9. The minimum absolute atomic E-state index is 0.00683. The van der Waals surface area contributed by atoms with E-state index in [0.29, 0.717) is 41.9 Å². The number of tetrazole rings is 1. The lowest BCUT2D eigenvalue weighted by Crippen LogP contribution is -2.28. The highest BCUT2D eigenvalue weighted by Crippen LogP contribution is 2.36. The van der Waals surface area contributed by atoms with Gasteiger partial charge in [-0.25, -0.2) is 4.39 Å². The molecule has 10 nitrogen and oxygen atoms in total. The highest BCUT2D eigenvalue weighted by molar-refractivity contribution is 6.03. The summed E-state index contributed by atoms with van der Waals surface area (Å²) >= 11 is 0. The Morgan fingerprint density at radius 2 is 1.91 bits per heavy atom. The Balaban J connectivity index is 1.32. The summed E-state index contributed by atoms with van der Waals surface area (Å²) in [5.74, 6) is -0.164. The molecule has 2 aliphatic heterocycles. The zero-order valence-corrected chi connectivity index (χ0v) is 17.1. The second-order valence-electron chi connectivity index (χ2n) is 7.52. The van der Waals surface area contributed by atoms with Crippen molar-refractivity contribution >= 4 is 23.2 Å². The van der Waals surface area contributed by atoms with Crippen molar-refractivity contribution in [2.75, 3.05) is 30.0 Å². The van der Waals surface area contributed by atoms with Crippen LogP contribution in [-0.2, 0) is 9.59 Å². The normalized spacial score (nSPS) is 17.5. The van der Waals surface area contributed by atoms with Crippen LogP contribution in [0, 0.1) is 18.7 Å². The molecule has 1 N–H and O–H groups in total. The van der Waals surface area contributed by atoms with Crippen LogP contribution in [-0.4, -0.2) is 51.8 Å². The Hall–Kier alpha value is -4.02. The van der Waals surface area contributed by atoms with Crippen LogP contribution in [0.15, 0.2) is 36.4 Å². The highest BCUT2D eigenvalue weighted by atomic mass is 19.1. The second-order valence-corrected chi connectivity index (χ2v) is 7.52. The van der Waals surface area contributed by atoms with Gasteiger partial charge in [-0.2, -0.15) is 4.68 Å². The highest BCUT2D eigenvalue weighted by Gasteiger charge is 2.36. The molecule has 164 valence electrons. The van der Waals surface area contributed by atoms with E-state index in [-0.39, 0.29) is 24.6 Å². The number of nitrogens with zero attached hydrogens (tertiary/aromatic N) is 5. The molecule has 0 spiro atoms. The number of aryl methyl sites for hydroxylation is 1. The summed E-state index contributed by atoms with van der Waals surface area (Å²) in [6, 6.07) is 9.41. The second kappa shape index (κ2) is 7.91. The maximum absolute atomic E-state index is 14.4. The molecule has 0 bridgehead atoms. The van der Waals surface area contributed by atoms with Crippen molar-refractivity contribution in [3.63, 3.8) is 0 Å². The van der Waals surface area contributed by atoms with Crippen LogP contribution in [0.2, 0.25) is 0 Å². The van der Waals surface area contributed by atoms with Crippen molar-refractivity contribution in [3.05, 3.63) is 48.0 Å². The van der Waals surface area contributed by atoms with E-state index in [1.54, 1.807) is 25.1 Å². The predicted molar refractivity (Wildman–Crippen MR) is 110 cm³/mol. The number of aromatic nitrogens is 4. The Kier molecular flexibility index (Phi) is 4.92. The monoisotopic (exact) mass is 438 g/mol. The van der Waals surface area contributed by atoms with Gasteiger partial charge in [-0.1, -0.05) is 0 Å². The van der Waals surface area contributed by atoms with Gasteiger partial charge >= 0.3 is 0 Å². The predicted octanol–water partition coefficient (Wildman–Crippen LogP) is 1.87. The third-order valence-corrected chi connectivity index (χ3v) is 5.41. The van der Waals surface area contributed by atoms with Crippen molar-refractivity contribution in [1.82, 2.24) is 20.2 Å². The van der Waals surface area contributed by atoms with Crippen LogP contribution >= 0.6 is 0 Å². The van der Waals surface area contributed by atoms with Crippen LogP contribution in [0.4, 0.5) is 15.8 Å². The number of halogens is 1. The fourth-order valence-electron chi connectivity index (χ4n) is 3.78. The van der Waals surface area contributed by atoms with Crippen molar-refractivity contribution < 1.29 is 23.5 Å². The van der Waals surface area contributed by atoms with Gasteiger partial charge in [-0.05, 0) is 47.7 Å². The Bertz CT molecular complexity index is 1210. The Morgan fingerprint density at radius 3 is 2.69 bits per heavy atom. The molecule has 2 amide bonds. The van der Waals surface area contributed by atoms with Gasteiger partial charge in [0.1, 0.15) is 19.0 Å². The minimum Gasteiger partial charge on any atom is -0.486 e. The van der Waals surface area contributed by atoms with Gasteiger partial charge in [0.15, 0.2) is 17.3 Å². The minimum atomic E-state index is -0.631. The van der Waals surface area contributed by atoms with Crippen LogP contribution < -0.4 is 19.7 Å². The van der Waals surface area contributed by atoms with Crippen molar-refractivity contribution in [2.45, 2.75) is 13.3 Å². The molecule has 1 atom stereocenters. The summed E-state index contributed by atoms with van der Waals surface area (Å²) in [6.07, 6.45) is 0.0215. The fraction of sp³-hybridized carbons (Fsp3) is 0.286. The van der Waals surface area contributed by atoms with Gasteiger partial charge in [0.25, 0.3) is 0 Å². The summed E-state index contributed by atoms with van der Waals surface area (Å²) in [4.78, 5) is 27.0. The first-order valence-corrected chi connectivity index (χ1v) is 10.1. The molecule has 2 aromatic carbocycles. The van der Waals surface area contributed by atoms with Gasteiger partial charge in [-0.15, -0.1) is 5.10 Å². The van der Waals surface area contributed by atoms with E-state index in [0.717, 1.165) is 0 Å². The van der Waals surface area contributed by atoms with E-state index in [1.165, 1.54) is 27.8 Å². The van der Waals surface area contributed by atoms with Crippen LogP contribution in [0.3, 0.4) is 0 Å². The van der Waals surface area contributed by atoms with E-state index in [1.807, 2.05) is 0 Å². The van der Waals surface area contributed by atoms with Crippen molar-refractivity contribution in [3.8, 4) is 17.2 Å². The molecule has 1 aromatic heterocycles. The molecule has 32 heavy (non-hydrogen) atoms. The van der Waals surface area contributed by atoms with Crippen LogP contribution in [0.1, 0.15) is 12.2 Å². The SMILES string of the molecule is Cc1nnnn1-c1ccc(F)c(NC(=O)C2CC(=O)N(c3ccc4c(c3)OCCO4)C2)c1. The molecule has 3 heterocycles. The first-order valence-electron chi connectivity index (χ1n) is 10.1. The number of fused-ring (bicyclic) bond motifs is 1. The molecule has 0 aliphatic carbocycles. The summed E-state index contributed by atoms with van der Waals surface area (Å²) in [5.41, 5.74) is 1.12. The van der Waals surface area contributed by atoms with Gasteiger partial charge in [0.2, 0.25) is 11.8 Å². The summed E-state index contributed by atoms with van der Waals surface area (Å²) in [6.45, 7) is 2.79. The lowest BCUT2D eigenvalue weighted by Gasteiger charge is -2.22. The number of carbonyl (C=O) groups is 2. The van der Waals surface area contributed by atoms with Crippen molar-refractivity contribution in [2.24, 2.45) is 5.92 Å². The van der Waals surface area contributed by atoms with Crippen molar-refractivity contribution in [1.29, 1.82) is 0 Å². The number of rotatable bonds is 4. The molecule has 0 saturated carbocycles. The molecule has 11 heteroatoms. The molecule has 1 unspecified atom stereocenters. The molecular formula is C21H19FN6O4. The first-order chi connectivity index (χ1) is 15.5. The van der Waals surface area contributed by atoms with Crippen LogP contribution in [0.5, 0.6) is 11.5 Å². The summed E-state index contributed by atoms with van der Waals surface area (Å²) in [5, 5.41) is 13.8. The van der Waals surface area contributed by atoms with E-state index in [4.69, 9.17) is 9.47 Å². The summed E-state index contributed by atoms with van der Waals surface area (Å²) in [7, 11) is 0. The quantitative estimate of drug-likeness (QED) is 0.662. The maximum Gasteiger partial charge on any atom is 0.229 e. The lowest BCUT2D eigenvalue weighted by molar-refractivity contribution is -0.122. The van der Waals surface area contributed by atoms with E-state index in [2.05, 4.69) is 20.8 Å². The fourth-order valence-corrected chi connectivity index (χ4v) is 3.78. The lowest BCUT2D eigenvalue weighted by atomic mass is 10.1. The summed E-state index contributed by atoms with van der Waals surface area (Å²) < 4.78 is 26.9. The standard InChI is InChI=1S/C21H19FN6O4/c1-12-24-25-26-28(12)15-2-4-16(22)17(9-15)23-21(30)13-8-20(29)27(11-13)14-3-5-18-19(10-14)32-7-6-31-18/h2-5,9-10,13H,6-8,11H2,1H3,(H,23,30). The average Bonchev–Trinajstić information content (AvgIpc) is 3.40. The largest absolute Gasteiger partial charge is 0.486 e. The van der Waals surface area contributed by atoms with E-state index >= 15 is 0 Å². The molecule has 3 aromatic rings. The average molecular weight is 438 g/mol. The maximum atomic E-state index is 14.4. The molecule has 5 rings (SSSR count). The van der Waals surface area contributed by atoms with E-state index < -0.39 is 17.6 Å². The number of nitrogens with one attached hydrogen (secondary N) is 1. The smallest absolute Gasteiger partial charge is 0.229 e. The molecule has 1 saturated heterocycles. The number of hydrogen-bond acceptors (Lipinski definition) is 7. The van der Waals surface area contributed by atoms with Gasteiger partial charge < -0.3 is 19.7 Å². The third-order valence-electron chi connectivity index (χ3n) is 5.41. The number of ether oxygens (including phenoxy) is 2.